The number of hydrogen-bond acceptors (Lipinski definition) is 7. The molecule has 1 aromatic carbocycles. The molecule has 0 aliphatic carbocycles. The fourth-order valence-electron chi connectivity index (χ4n) is 1.32. The first kappa shape index (κ1) is 15.4. The van der Waals surface area contributed by atoms with Crippen molar-refractivity contribution in [1.82, 2.24) is 0 Å². The molecule has 0 fully saturated rings. The van der Waals surface area contributed by atoms with Crippen LogP contribution in [-0.4, -0.2) is 31.1 Å². The lowest BCUT2D eigenvalue weighted by atomic mass is 10.2. The van der Waals surface area contributed by atoms with E-state index in [1.54, 1.807) is 0 Å². The standard InChI is InChI=1S/C12H13NO7/c1-7(11(14)19-3)12(15)20-10-5-4-8(18-2)6-9(10)13(16)17/h4-7H,1-3H3. The summed E-state index contributed by atoms with van der Waals surface area (Å²) in [7, 11) is 2.48. The molecule has 0 N–H and O–H groups in total. The summed E-state index contributed by atoms with van der Waals surface area (Å²) in [5, 5.41) is 10.9. The van der Waals surface area contributed by atoms with Crippen LogP contribution in [-0.2, 0) is 14.3 Å². The molecule has 0 aliphatic rings. The number of rotatable bonds is 5. The van der Waals surface area contributed by atoms with Gasteiger partial charge in [0.2, 0.25) is 5.75 Å². The van der Waals surface area contributed by atoms with Crippen molar-refractivity contribution in [2.24, 2.45) is 5.92 Å². The molecule has 0 saturated carbocycles. The van der Waals surface area contributed by atoms with Crippen LogP contribution in [0.2, 0.25) is 0 Å². The summed E-state index contributed by atoms with van der Waals surface area (Å²) in [6.07, 6.45) is 0. The Hall–Kier alpha value is -2.64. The van der Waals surface area contributed by atoms with Crippen LogP contribution in [0.5, 0.6) is 11.5 Å². The molecule has 0 aromatic heterocycles. The van der Waals surface area contributed by atoms with Gasteiger partial charge in [-0.1, -0.05) is 0 Å². The minimum atomic E-state index is -1.18. The molecule has 0 amide bonds. The van der Waals surface area contributed by atoms with Crippen LogP contribution in [0.15, 0.2) is 18.2 Å². The number of nitro groups is 1. The van der Waals surface area contributed by atoms with Crippen LogP contribution in [0.3, 0.4) is 0 Å². The third-order valence-corrected chi connectivity index (χ3v) is 2.48. The zero-order valence-electron chi connectivity index (χ0n) is 11.1. The molecule has 8 heteroatoms. The predicted molar refractivity (Wildman–Crippen MR) is 66.5 cm³/mol. The normalized spacial score (nSPS) is 11.3. The van der Waals surface area contributed by atoms with Gasteiger partial charge in [0, 0.05) is 0 Å². The Bertz CT molecular complexity index is 541. The van der Waals surface area contributed by atoms with Gasteiger partial charge in [0.25, 0.3) is 0 Å². The molecule has 8 nitrogen and oxygen atoms in total. The molecule has 1 rings (SSSR count). The first-order valence-electron chi connectivity index (χ1n) is 5.52. The number of benzene rings is 1. The molecule has 20 heavy (non-hydrogen) atoms. The van der Waals surface area contributed by atoms with E-state index in [9.17, 15) is 19.7 Å². The largest absolute Gasteiger partial charge is 0.496 e. The van der Waals surface area contributed by atoms with Crippen molar-refractivity contribution >= 4 is 17.6 Å². The van der Waals surface area contributed by atoms with E-state index in [4.69, 9.17) is 9.47 Å². The van der Waals surface area contributed by atoms with E-state index in [2.05, 4.69) is 4.74 Å². The van der Waals surface area contributed by atoms with Gasteiger partial charge in [-0.25, -0.2) is 0 Å². The highest BCUT2D eigenvalue weighted by atomic mass is 16.6. The van der Waals surface area contributed by atoms with Crippen LogP contribution in [0.4, 0.5) is 5.69 Å². The maximum Gasteiger partial charge on any atom is 0.325 e. The maximum atomic E-state index is 11.7. The third-order valence-electron chi connectivity index (χ3n) is 2.48. The number of hydrogen-bond donors (Lipinski definition) is 0. The molecule has 0 aliphatic heterocycles. The smallest absolute Gasteiger partial charge is 0.325 e. The van der Waals surface area contributed by atoms with Gasteiger partial charge < -0.3 is 14.2 Å². The van der Waals surface area contributed by atoms with Gasteiger partial charge in [-0.15, -0.1) is 0 Å². The van der Waals surface area contributed by atoms with Gasteiger partial charge in [-0.05, 0) is 19.1 Å². The minimum Gasteiger partial charge on any atom is -0.496 e. The summed E-state index contributed by atoms with van der Waals surface area (Å²) < 4.78 is 14.1. The zero-order valence-corrected chi connectivity index (χ0v) is 11.1. The predicted octanol–water partition coefficient (Wildman–Crippen LogP) is 1.32. The van der Waals surface area contributed by atoms with E-state index in [0.29, 0.717) is 0 Å². The Labute approximate surface area is 114 Å². The molecule has 1 aromatic rings. The van der Waals surface area contributed by atoms with Gasteiger partial charge in [0.15, 0.2) is 5.92 Å². The SMILES string of the molecule is COC(=O)C(C)C(=O)Oc1ccc(OC)cc1[N+](=O)[O-]. The van der Waals surface area contributed by atoms with Gasteiger partial charge in [-0.2, -0.15) is 0 Å². The Morgan fingerprint density at radius 3 is 2.40 bits per heavy atom. The van der Waals surface area contributed by atoms with Crippen LogP contribution in [0.25, 0.3) is 0 Å². The average molecular weight is 283 g/mol. The second-order valence-electron chi connectivity index (χ2n) is 3.76. The van der Waals surface area contributed by atoms with Crippen molar-refractivity contribution in [1.29, 1.82) is 0 Å². The van der Waals surface area contributed by atoms with Crippen LogP contribution in [0.1, 0.15) is 6.92 Å². The molecule has 1 unspecified atom stereocenters. The van der Waals surface area contributed by atoms with Crippen molar-refractivity contribution in [3.63, 3.8) is 0 Å². The number of nitro benzene ring substituents is 1. The van der Waals surface area contributed by atoms with E-state index in [-0.39, 0.29) is 11.5 Å². The summed E-state index contributed by atoms with van der Waals surface area (Å²) >= 11 is 0. The summed E-state index contributed by atoms with van der Waals surface area (Å²) in [5.74, 6) is -2.92. The lowest BCUT2D eigenvalue weighted by Gasteiger charge is -2.10. The molecular formula is C12H13NO7. The van der Waals surface area contributed by atoms with Gasteiger partial charge >= 0.3 is 17.6 Å². The fourth-order valence-corrected chi connectivity index (χ4v) is 1.32. The Morgan fingerprint density at radius 1 is 1.25 bits per heavy atom. The fraction of sp³-hybridized carbons (Fsp3) is 0.333. The summed E-state index contributed by atoms with van der Waals surface area (Å²) in [6.45, 7) is 1.28. The second-order valence-corrected chi connectivity index (χ2v) is 3.76. The maximum absolute atomic E-state index is 11.7. The number of methoxy groups -OCH3 is 2. The van der Waals surface area contributed by atoms with E-state index < -0.39 is 28.5 Å². The lowest BCUT2D eigenvalue weighted by molar-refractivity contribution is -0.385. The molecule has 0 radical (unpaired) electrons. The molecule has 0 spiro atoms. The molecule has 0 heterocycles. The Kier molecular flexibility index (Phi) is 5.01. The van der Waals surface area contributed by atoms with Crippen LogP contribution >= 0.6 is 0 Å². The quantitative estimate of drug-likeness (QED) is 0.264. The highest BCUT2D eigenvalue weighted by Crippen LogP contribution is 2.31. The average Bonchev–Trinajstić information content (AvgIpc) is 2.45. The number of nitrogens with zero attached hydrogens (tertiary/aromatic N) is 1. The van der Waals surface area contributed by atoms with E-state index in [1.165, 1.54) is 26.2 Å². The molecule has 0 bridgehead atoms. The van der Waals surface area contributed by atoms with Crippen molar-refractivity contribution in [3.05, 3.63) is 28.3 Å². The summed E-state index contributed by atoms with van der Waals surface area (Å²) in [4.78, 5) is 33.0. The zero-order chi connectivity index (χ0) is 15.3. The highest BCUT2D eigenvalue weighted by molar-refractivity contribution is 5.95. The molecular weight excluding hydrogens is 270 g/mol. The second kappa shape index (κ2) is 6.50. The number of esters is 2. The van der Waals surface area contributed by atoms with Gasteiger partial charge in [0.1, 0.15) is 5.75 Å². The van der Waals surface area contributed by atoms with Crippen molar-refractivity contribution in [2.75, 3.05) is 14.2 Å². The molecule has 0 saturated heterocycles. The first-order valence-corrected chi connectivity index (χ1v) is 5.52. The van der Waals surface area contributed by atoms with E-state index in [1.807, 2.05) is 0 Å². The van der Waals surface area contributed by atoms with Crippen molar-refractivity contribution in [3.8, 4) is 11.5 Å². The summed E-state index contributed by atoms with van der Waals surface area (Å²) in [6, 6.07) is 3.74. The topological polar surface area (TPSA) is 105 Å². The minimum absolute atomic E-state index is 0.248. The Morgan fingerprint density at radius 2 is 1.90 bits per heavy atom. The summed E-state index contributed by atoms with van der Waals surface area (Å²) in [5.41, 5.74) is -0.435. The van der Waals surface area contributed by atoms with E-state index in [0.717, 1.165) is 13.2 Å². The number of ether oxygens (including phenoxy) is 3. The first-order chi connectivity index (χ1) is 9.40. The van der Waals surface area contributed by atoms with E-state index >= 15 is 0 Å². The highest BCUT2D eigenvalue weighted by Gasteiger charge is 2.27. The molecule has 108 valence electrons. The van der Waals surface area contributed by atoms with Gasteiger partial charge in [-0.3, -0.25) is 19.7 Å². The monoisotopic (exact) mass is 283 g/mol. The van der Waals surface area contributed by atoms with Crippen molar-refractivity contribution < 1.29 is 28.7 Å². The van der Waals surface area contributed by atoms with Gasteiger partial charge in [0.05, 0.1) is 25.2 Å². The third kappa shape index (κ3) is 3.44. The van der Waals surface area contributed by atoms with Crippen LogP contribution < -0.4 is 9.47 Å². The number of carbonyl (C=O) groups is 2. The van der Waals surface area contributed by atoms with Crippen LogP contribution in [0, 0.1) is 16.0 Å². The number of carbonyl (C=O) groups excluding carboxylic acids is 2. The van der Waals surface area contributed by atoms with Crippen molar-refractivity contribution in [2.45, 2.75) is 6.92 Å². The lowest BCUT2D eigenvalue weighted by Crippen LogP contribution is -2.26. The Balaban J connectivity index is 3.00. The molecule has 1 atom stereocenters.